The Morgan fingerprint density at radius 3 is 2.48 bits per heavy atom. The van der Waals surface area contributed by atoms with E-state index < -0.39 is 0 Å². The number of ether oxygens (including phenoxy) is 1. The Bertz CT molecular complexity index is 723. The molecule has 0 unspecified atom stereocenters. The van der Waals surface area contributed by atoms with Crippen LogP contribution in [0.25, 0.3) is 0 Å². The van der Waals surface area contributed by atoms with E-state index in [9.17, 15) is 0 Å². The van der Waals surface area contributed by atoms with Crippen LogP contribution in [-0.2, 0) is 4.74 Å². The van der Waals surface area contributed by atoms with Gasteiger partial charge in [0.15, 0.2) is 0 Å². The molecule has 2 aromatic carbocycles. The Hall–Kier alpha value is -1.77. The third-order valence-electron chi connectivity index (χ3n) is 4.92. The van der Waals surface area contributed by atoms with Gasteiger partial charge < -0.3 is 10.1 Å². The topological polar surface area (TPSA) is 21.3 Å². The van der Waals surface area contributed by atoms with Crippen molar-refractivity contribution >= 4 is 11.6 Å². The Balaban J connectivity index is 1.67. The van der Waals surface area contributed by atoms with E-state index >= 15 is 0 Å². The molecule has 2 aliphatic rings. The SMILES string of the molecule is C[C@@H]1C2=C(CCO[C@@H]2c2ccc(Cl)cc2)N[C@@H]1c1ccccc1. The lowest BCUT2D eigenvalue weighted by Crippen LogP contribution is -2.19. The molecule has 2 heterocycles. The van der Waals surface area contributed by atoms with Gasteiger partial charge in [-0.25, -0.2) is 0 Å². The normalized spacial score (nSPS) is 26.8. The summed E-state index contributed by atoms with van der Waals surface area (Å²) in [5.74, 6) is 0.411. The fourth-order valence-corrected chi connectivity index (χ4v) is 3.90. The van der Waals surface area contributed by atoms with Crippen molar-refractivity contribution < 1.29 is 4.74 Å². The summed E-state index contributed by atoms with van der Waals surface area (Å²) in [5.41, 5.74) is 5.28. The zero-order chi connectivity index (χ0) is 15.8. The van der Waals surface area contributed by atoms with Crippen molar-refractivity contribution in [1.29, 1.82) is 0 Å². The molecule has 23 heavy (non-hydrogen) atoms. The van der Waals surface area contributed by atoms with Gasteiger partial charge in [-0.3, -0.25) is 0 Å². The van der Waals surface area contributed by atoms with Crippen molar-refractivity contribution in [2.24, 2.45) is 5.92 Å². The zero-order valence-corrected chi connectivity index (χ0v) is 13.9. The van der Waals surface area contributed by atoms with Crippen molar-refractivity contribution in [3.05, 3.63) is 82.0 Å². The van der Waals surface area contributed by atoms with Crippen LogP contribution in [-0.4, -0.2) is 6.61 Å². The molecule has 1 N–H and O–H groups in total. The minimum Gasteiger partial charge on any atom is -0.381 e. The van der Waals surface area contributed by atoms with Crippen LogP contribution in [0.3, 0.4) is 0 Å². The molecule has 0 saturated heterocycles. The largest absolute Gasteiger partial charge is 0.381 e. The molecule has 0 aromatic heterocycles. The van der Waals surface area contributed by atoms with Crippen LogP contribution < -0.4 is 5.32 Å². The molecule has 0 radical (unpaired) electrons. The summed E-state index contributed by atoms with van der Waals surface area (Å²) in [7, 11) is 0. The molecule has 2 nitrogen and oxygen atoms in total. The van der Waals surface area contributed by atoms with E-state index in [0.29, 0.717) is 12.0 Å². The van der Waals surface area contributed by atoms with Crippen LogP contribution in [0, 0.1) is 5.92 Å². The molecule has 4 rings (SSSR count). The molecule has 3 heteroatoms. The Labute approximate surface area is 142 Å². The van der Waals surface area contributed by atoms with Gasteiger partial charge in [-0.05, 0) is 28.8 Å². The van der Waals surface area contributed by atoms with Gasteiger partial charge in [-0.1, -0.05) is 61.0 Å². The first-order valence-electron chi connectivity index (χ1n) is 8.15. The highest BCUT2D eigenvalue weighted by molar-refractivity contribution is 6.30. The minimum absolute atomic E-state index is 0.0345. The predicted octanol–water partition coefficient (Wildman–Crippen LogP) is 5.04. The lowest BCUT2D eigenvalue weighted by Gasteiger charge is -2.28. The van der Waals surface area contributed by atoms with Gasteiger partial charge in [0.25, 0.3) is 0 Å². The summed E-state index contributed by atoms with van der Waals surface area (Å²) in [6, 6.07) is 19.0. The third kappa shape index (κ3) is 2.66. The van der Waals surface area contributed by atoms with E-state index in [1.807, 2.05) is 12.1 Å². The van der Waals surface area contributed by atoms with Crippen molar-refractivity contribution in [2.75, 3.05) is 6.61 Å². The number of hydrogen-bond donors (Lipinski definition) is 1. The molecule has 0 spiro atoms. The number of hydrogen-bond acceptors (Lipinski definition) is 2. The lowest BCUT2D eigenvalue weighted by atomic mass is 9.85. The van der Waals surface area contributed by atoms with E-state index in [-0.39, 0.29) is 6.10 Å². The first-order chi connectivity index (χ1) is 11.2. The molecular weight excluding hydrogens is 306 g/mol. The van der Waals surface area contributed by atoms with Gasteiger partial charge in [0.05, 0.1) is 12.6 Å². The molecule has 0 amide bonds. The summed E-state index contributed by atoms with van der Waals surface area (Å²) in [6.45, 7) is 3.05. The fraction of sp³-hybridized carbons (Fsp3) is 0.300. The second-order valence-electron chi connectivity index (χ2n) is 6.31. The van der Waals surface area contributed by atoms with E-state index in [0.717, 1.165) is 18.1 Å². The van der Waals surface area contributed by atoms with Crippen LogP contribution >= 0.6 is 11.6 Å². The average Bonchev–Trinajstić information content (AvgIpc) is 2.94. The van der Waals surface area contributed by atoms with E-state index in [4.69, 9.17) is 16.3 Å². The van der Waals surface area contributed by atoms with E-state index in [1.54, 1.807) is 0 Å². The fourth-order valence-electron chi connectivity index (χ4n) is 3.78. The van der Waals surface area contributed by atoms with Crippen molar-refractivity contribution in [1.82, 2.24) is 5.32 Å². The first kappa shape index (κ1) is 14.8. The Kier molecular flexibility index (Phi) is 3.88. The van der Waals surface area contributed by atoms with Crippen LogP contribution in [0.15, 0.2) is 65.9 Å². The lowest BCUT2D eigenvalue weighted by molar-refractivity contribution is 0.0625. The van der Waals surface area contributed by atoms with Gasteiger partial charge in [0.1, 0.15) is 6.10 Å². The van der Waals surface area contributed by atoms with Crippen molar-refractivity contribution in [3.63, 3.8) is 0 Å². The van der Waals surface area contributed by atoms with Gasteiger partial charge in [0, 0.05) is 23.1 Å². The van der Waals surface area contributed by atoms with Crippen LogP contribution in [0.5, 0.6) is 0 Å². The molecule has 2 aromatic rings. The summed E-state index contributed by atoms with van der Waals surface area (Å²) < 4.78 is 6.13. The maximum absolute atomic E-state index is 6.13. The molecule has 0 aliphatic carbocycles. The monoisotopic (exact) mass is 325 g/mol. The maximum Gasteiger partial charge on any atom is 0.106 e. The number of halogens is 1. The quantitative estimate of drug-likeness (QED) is 0.835. The standard InChI is InChI=1S/C20H20ClNO/c1-13-18-17(22-19(13)14-5-3-2-4-6-14)11-12-23-20(18)15-7-9-16(21)10-8-15/h2-10,13,19-20,22H,11-12H2,1H3/t13-,19+,20-/m1/s1. The number of benzene rings is 2. The second-order valence-corrected chi connectivity index (χ2v) is 6.74. The molecule has 3 atom stereocenters. The summed E-state index contributed by atoms with van der Waals surface area (Å²) in [5, 5.41) is 4.51. The maximum atomic E-state index is 6.13. The highest BCUT2D eigenvalue weighted by Crippen LogP contribution is 2.46. The van der Waals surface area contributed by atoms with Crippen molar-refractivity contribution in [3.8, 4) is 0 Å². The van der Waals surface area contributed by atoms with Gasteiger partial charge in [0.2, 0.25) is 0 Å². The molecular formula is C20H20ClNO. The average molecular weight is 326 g/mol. The van der Waals surface area contributed by atoms with Crippen LogP contribution in [0.4, 0.5) is 0 Å². The predicted molar refractivity (Wildman–Crippen MR) is 93.3 cm³/mol. The molecule has 118 valence electrons. The minimum atomic E-state index is 0.0345. The van der Waals surface area contributed by atoms with Crippen LogP contribution in [0.1, 0.15) is 36.6 Å². The van der Waals surface area contributed by atoms with Gasteiger partial charge >= 0.3 is 0 Å². The summed E-state index contributed by atoms with van der Waals surface area (Å²) >= 11 is 6.03. The van der Waals surface area contributed by atoms with Gasteiger partial charge in [-0.15, -0.1) is 0 Å². The van der Waals surface area contributed by atoms with Crippen LogP contribution in [0.2, 0.25) is 5.02 Å². The first-order valence-corrected chi connectivity index (χ1v) is 8.53. The van der Waals surface area contributed by atoms with E-state index in [2.05, 4.69) is 54.7 Å². The highest BCUT2D eigenvalue weighted by atomic mass is 35.5. The van der Waals surface area contributed by atoms with E-state index in [1.165, 1.54) is 22.4 Å². The summed E-state index contributed by atoms with van der Waals surface area (Å²) in [6.07, 6.45) is 1.000. The molecule has 2 aliphatic heterocycles. The molecule has 0 saturated carbocycles. The molecule has 0 fully saturated rings. The number of rotatable bonds is 2. The Morgan fingerprint density at radius 2 is 1.74 bits per heavy atom. The highest BCUT2D eigenvalue weighted by Gasteiger charge is 2.39. The van der Waals surface area contributed by atoms with Gasteiger partial charge in [-0.2, -0.15) is 0 Å². The zero-order valence-electron chi connectivity index (χ0n) is 13.1. The Morgan fingerprint density at radius 1 is 1.00 bits per heavy atom. The molecule has 0 bridgehead atoms. The summed E-state index contributed by atoms with van der Waals surface area (Å²) in [4.78, 5) is 0. The number of nitrogens with one attached hydrogen (secondary N) is 1. The van der Waals surface area contributed by atoms with Crippen molar-refractivity contribution in [2.45, 2.75) is 25.5 Å². The third-order valence-corrected chi connectivity index (χ3v) is 5.17. The smallest absolute Gasteiger partial charge is 0.106 e. The second kappa shape index (κ2) is 6.03.